The molecular weight excluding hydrogens is 522 g/mol. The average Bonchev–Trinajstić information content (AvgIpc) is 2.94. The molecule has 1 atom stereocenters. The molecule has 1 N–H and O–H groups in total. The molecule has 0 aliphatic carbocycles. The molecule has 0 saturated heterocycles. The van der Waals surface area contributed by atoms with Gasteiger partial charge in [0.25, 0.3) is 0 Å². The van der Waals surface area contributed by atoms with Gasteiger partial charge in [-0.05, 0) is 42.5 Å². The molecule has 2 amide bonds. The summed E-state index contributed by atoms with van der Waals surface area (Å²) in [5.41, 5.74) is 3.34. The molecule has 0 aliphatic rings. The predicted octanol–water partition coefficient (Wildman–Crippen LogP) is 5.10. The summed E-state index contributed by atoms with van der Waals surface area (Å²) in [7, 11) is -3.55. The molecule has 3 rings (SSSR count). The monoisotopic (exact) mass is 563 g/mol. The van der Waals surface area contributed by atoms with E-state index in [1.54, 1.807) is 17.0 Å². The maximum absolute atomic E-state index is 13.8. The van der Waals surface area contributed by atoms with E-state index in [9.17, 15) is 18.0 Å². The van der Waals surface area contributed by atoms with Crippen molar-refractivity contribution >= 4 is 27.5 Å². The first-order valence-corrected chi connectivity index (χ1v) is 15.7. The third kappa shape index (κ3) is 9.23. The van der Waals surface area contributed by atoms with Crippen molar-refractivity contribution in [3.63, 3.8) is 0 Å². The zero-order valence-corrected chi connectivity index (χ0v) is 24.6. The Morgan fingerprint density at radius 2 is 1.45 bits per heavy atom. The number of benzene rings is 3. The van der Waals surface area contributed by atoms with Crippen LogP contribution in [0.3, 0.4) is 0 Å². The van der Waals surface area contributed by atoms with Gasteiger partial charge < -0.3 is 10.2 Å². The number of aryl methyl sites for hydroxylation is 1. The molecule has 0 spiro atoms. The van der Waals surface area contributed by atoms with Gasteiger partial charge in [-0.25, -0.2) is 8.42 Å². The third-order valence-electron chi connectivity index (χ3n) is 6.83. The zero-order valence-electron chi connectivity index (χ0n) is 23.8. The van der Waals surface area contributed by atoms with Crippen molar-refractivity contribution in [1.29, 1.82) is 0 Å². The van der Waals surface area contributed by atoms with Crippen molar-refractivity contribution in [2.24, 2.45) is 0 Å². The van der Waals surface area contributed by atoms with Crippen LogP contribution in [-0.4, -0.2) is 50.5 Å². The fourth-order valence-corrected chi connectivity index (χ4v) is 5.69. The number of anilines is 1. The number of carbonyl (C=O) groups excluding carboxylic acids is 2. The number of amides is 2. The van der Waals surface area contributed by atoms with Crippen LogP contribution in [0.5, 0.6) is 0 Å². The van der Waals surface area contributed by atoms with Gasteiger partial charge in [0.15, 0.2) is 0 Å². The van der Waals surface area contributed by atoms with Gasteiger partial charge in [-0.3, -0.25) is 13.9 Å². The van der Waals surface area contributed by atoms with Crippen LogP contribution >= 0.6 is 0 Å². The Labute approximate surface area is 239 Å². The van der Waals surface area contributed by atoms with Crippen molar-refractivity contribution in [3.8, 4) is 0 Å². The second-order valence-electron chi connectivity index (χ2n) is 10.1. The fraction of sp³-hybridized carbons (Fsp3) is 0.375. The second kappa shape index (κ2) is 15.2. The van der Waals surface area contributed by atoms with E-state index in [2.05, 4.69) is 12.2 Å². The highest BCUT2D eigenvalue weighted by atomic mass is 32.2. The van der Waals surface area contributed by atoms with Crippen LogP contribution in [0.25, 0.3) is 0 Å². The number of sulfonamides is 1. The van der Waals surface area contributed by atoms with Crippen LogP contribution in [0.4, 0.5) is 5.69 Å². The quantitative estimate of drug-likeness (QED) is 0.261. The van der Waals surface area contributed by atoms with Gasteiger partial charge in [0, 0.05) is 32.5 Å². The Hall–Kier alpha value is -3.65. The van der Waals surface area contributed by atoms with E-state index < -0.39 is 16.1 Å². The Balaban J connectivity index is 1.85. The summed E-state index contributed by atoms with van der Waals surface area (Å²) in [6.45, 7) is 4.93. The Bertz CT molecular complexity index is 1330. The smallest absolute Gasteiger partial charge is 0.243 e. The molecule has 0 heterocycles. The minimum absolute atomic E-state index is 0.109. The normalized spacial score (nSPS) is 12.0. The van der Waals surface area contributed by atoms with Crippen molar-refractivity contribution in [2.45, 2.75) is 58.5 Å². The molecule has 0 bridgehead atoms. The van der Waals surface area contributed by atoms with E-state index in [0.29, 0.717) is 25.1 Å². The molecule has 214 valence electrons. The minimum atomic E-state index is -3.55. The van der Waals surface area contributed by atoms with Gasteiger partial charge in [0.2, 0.25) is 21.8 Å². The molecule has 3 aromatic carbocycles. The maximum Gasteiger partial charge on any atom is 0.243 e. The minimum Gasteiger partial charge on any atom is -0.354 e. The Morgan fingerprint density at radius 3 is 2.05 bits per heavy atom. The van der Waals surface area contributed by atoms with Gasteiger partial charge in [-0.1, -0.05) is 92.2 Å². The highest BCUT2D eigenvalue weighted by molar-refractivity contribution is 7.92. The first-order valence-electron chi connectivity index (χ1n) is 13.9. The highest BCUT2D eigenvalue weighted by Crippen LogP contribution is 2.23. The summed E-state index contributed by atoms with van der Waals surface area (Å²) in [6.07, 6.45) is 3.81. The highest BCUT2D eigenvalue weighted by Gasteiger charge is 2.30. The summed E-state index contributed by atoms with van der Waals surface area (Å²) in [4.78, 5) is 29.0. The number of carbonyl (C=O) groups is 2. The van der Waals surface area contributed by atoms with Crippen molar-refractivity contribution in [1.82, 2.24) is 10.2 Å². The van der Waals surface area contributed by atoms with Gasteiger partial charge in [0.1, 0.15) is 6.04 Å². The summed E-state index contributed by atoms with van der Waals surface area (Å²) in [5.74, 6) is -0.368. The summed E-state index contributed by atoms with van der Waals surface area (Å²) >= 11 is 0. The molecule has 0 aliphatic heterocycles. The number of nitrogens with zero attached hydrogens (tertiary/aromatic N) is 2. The van der Waals surface area contributed by atoms with Crippen LogP contribution in [-0.2, 0) is 32.6 Å². The predicted molar refractivity (Wildman–Crippen MR) is 161 cm³/mol. The lowest BCUT2D eigenvalue weighted by atomic mass is 10.0. The zero-order chi connectivity index (χ0) is 29.0. The number of rotatable bonds is 15. The van der Waals surface area contributed by atoms with Crippen molar-refractivity contribution < 1.29 is 18.0 Å². The molecule has 40 heavy (non-hydrogen) atoms. The number of unbranched alkanes of at least 4 members (excludes halogenated alkanes) is 1. The van der Waals surface area contributed by atoms with Crippen LogP contribution in [0.1, 0.15) is 49.3 Å². The van der Waals surface area contributed by atoms with Gasteiger partial charge >= 0.3 is 0 Å². The third-order valence-corrected chi connectivity index (χ3v) is 8.01. The van der Waals surface area contributed by atoms with E-state index in [-0.39, 0.29) is 31.3 Å². The van der Waals surface area contributed by atoms with Gasteiger partial charge in [-0.15, -0.1) is 0 Å². The fourth-order valence-electron chi connectivity index (χ4n) is 4.67. The van der Waals surface area contributed by atoms with Crippen molar-refractivity contribution in [2.75, 3.05) is 23.7 Å². The molecule has 0 saturated carbocycles. The standard InChI is InChI=1S/C32H41N3O4S/c1-4-5-22-33-32(37)30(24-27-16-8-6-9-17-27)34(25-28-18-10-7-11-19-28)31(36)21-14-23-35(40(3,38)39)29-20-13-12-15-26(29)2/h6-13,15-20,30H,4-5,14,21-25H2,1-3H3,(H,33,37). The van der Waals surface area contributed by atoms with Crippen molar-refractivity contribution in [3.05, 3.63) is 102 Å². The number of hydrogen-bond donors (Lipinski definition) is 1. The van der Waals surface area contributed by atoms with E-state index in [1.165, 1.54) is 10.6 Å². The molecule has 8 heteroatoms. The molecule has 0 fully saturated rings. The molecule has 7 nitrogen and oxygen atoms in total. The Morgan fingerprint density at radius 1 is 0.850 bits per heavy atom. The SMILES string of the molecule is CCCCNC(=O)C(Cc1ccccc1)N(Cc1ccccc1)C(=O)CCCN(c1ccccc1C)S(C)(=O)=O. The van der Waals surface area contributed by atoms with Crippen LogP contribution in [0.2, 0.25) is 0 Å². The second-order valence-corrected chi connectivity index (χ2v) is 12.0. The van der Waals surface area contributed by atoms with Crippen LogP contribution in [0, 0.1) is 6.92 Å². The maximum atomic E-state index is 13.8. The molecule has 1 unspecified atom stereocenters. The summed E-state index contributed by atoms with van der Waals surface area (Å²) < 4.78 is 26.6. The van der Waals surface area contributed by atoms with E-state index >= 15 is 0 Å². The van der Waals surface area contributed by atoms with Crippen LogP contribution < -0.4 is 9.62 Å². The molecule has 3 aromatic rings. The van der Waals surface area contributed by atoms with Gasteiger partial charge in [-0.2, -0.15) is 0 Å². The molecule has 0 radical (unpaired) electrons. The first-order chi connectivity index (χ1) is 19.2. The summed E-state index contributed by atoms with van der Waals surface area (Å²) in [6, 6.07) is 25.9. The number of hydrogen-bond acceptors (Lipinski definition) is 4. The first kappa shape index (κ1) is 30.9. The topological polar surface area (TPSA) is 86.8 Å². The summed E-state index contributed by atoms with van der Waals surface area (Å²) in [5, 5.41) is 3.03. The van der Waals surface area contributed by atoms with Crippen LogP contribution in [0.15, 0.2) is 84.9 Å². The number of nitrogens with one attached hydrogen (secondary N) is 1. The molecule has 0 aromatic heterocycles. The van der Waals surface area contributed by atoms with E-state index in [1.807, 2.05) is 79.7 Å². The average molecular weight is 564 g/mol. The number of para-hydroxylation sites is 1. The largest absolute Gasteiger partial charge is 0.354 e. The van der Waals surface area contributed by atoms with Gasteiger partial charge in [0.05, 0.1) is 11.9 Å². The Kier molecular flexibility index (Phi) is 11.8. The molecular formula is C32H41N3O4S. The lowest BCUT2D eigenvalue weighted by Gasteiger charge is -2.32. The van der Waals surface area contributed by atoms with E-state index in [0.717, 1.165) is 29.5 Å². The van der Waals surface area contributed by atoms with E-state index in [4.69, 9.17) is 0 Å². The lowest BCUT2D eigenvalue weighted by molar-refractivity contribution is -0.141. The lowest BCUT2D eigenvalue weighted by Crippen LogP contribution is -2.50.